The quantitative estimate of drug-likeness (QED) is 0.885. The van der Waals surface area contributed by atoms with Gasteiger partial charge in [-0.2, -0.15) is 0 Å². The standard InChI is InChI=1S/C15H15FN2O4S/c1-8(2)23(21,22)12-7-11(17)14(15(19)20)18-13(12)9-3-5-10(16)6-4-9/h3-8H,17H2,1-2H3,(H,19,20). The van der Waals surface area contributed by atoms with Crippen molar-refractivity contribution in [2.24, 2.45) is 0 Å². The summed E-state index contributed by atoms with van der Waals surface area (Å²) >= 11 is 0. The molecule has 1 heterocycles. The Hall–Kier alpha value is -2.48. The van der Waals surface area contributed by atoms with Gasteiger partial charge in [-0.25, -0.2) is 22.6 Å². The third kappa shape index (κ3) is 3.16. The first-order valence-electron chi connectivity index (χ1n) is 6.68. The van der Waals surface area contributed by atoms with Gasteiger partial charge in [0.2, 0.25) is 0 Å². The molecule has 0 fully saturated rings. The van der Waals surface area contributed by atoms with Crippen LogP contribution in [-0.4, -0.2) is 29.7 Å². The molecule has 23 heavy (non-hydrogen) atoms. The molecule has 122 valence electrons. The van der Waals surface area contributed by atoms with Gasteiger partial charge in [0, 0.05) is 5.56 Å². The maximum Gasteiger partial charge on any atom is 0.356 e. The topological polar surface area (TPSA) is 110 Å². The molecule has 0 aliphatic carbocycles. The SMILES string of the molecule is CC(C)S(=O)(=O)c1cc(N)c(C(=O)O)nc1-c1ccc(F)cc1. The van der Waals surface area contributed by atoms with Gasteiger partial charge in [-0.1, -0.05) is 0 Å². The molecule has 0 bridgehead atoms. The molecule has 1 aromatic carbocycles. The molecule has 0 saturated heterocycles. The van der Waals surface area contributed by atoms with Gasteiger partial charge in [0.25, 0.3) is 0 Å². The van der Waals surface area contributed by atoms with E-state index in [9.17, 15) is 17.6 Å². The number of aromatic nitrogens is 1. The van der Waals surface area contributed by atoms with Crippen LogP contribution in [0.15, 0.2) is 35.2 Å². The zero-order valence-electron chi connectivity index (χ0n) is 12.4. The van der Waals surface area contributed by atoms with Crippen molar-refractivity contribution < 1.29 is 22.7 Å². The van der Waals surface area contributed by atoms with Gasteiger partial charge in [0.1, 0.15) is 5.82 Å². The fraction of sp³-hybridized carbons (Fsp3) is 0.200. The maximum atomic E-state index is 13.1. The Labute approximate surface area is 132 Å². The van der Waals surface area contributed by atoms with Gasteiger partial charge < -0.3 is 10.8 Å². The number of aromatic carboxylic acids is 1. The predicted octanol–water partition coefficient (Wildman–Crippen LogP) is 2.35. The Morgan fingerprint density at radius 1 is 1.26 bits per heavy atom. The van der Waals surface area contributed by atoms with Crippen LogP contribution in [0.4, 0.5) is 10.1 Å². The van der Waals surface area contributed by atoms with Crippen molar-refractivity contribution in [3.8, 4) is 11.3 Å². The van der Waals surface area contributed by atoms with Crippen molar-refractivity contribution in [1.29, 1.82) is 0 Å². The van der Waals surface area contributed by atoms with Crippen molar-refractivity contribution in [3.63, 3.8) is 0 Å². The average Bonchev–Trinajstić information content (AvgIpc) is 2.47. The number of benzene rings is 1. The monoisotopic (exact) mass is 338 g/mol. The highest BCUT2D eigenvalue weighted by molar-refractivity contribution is 7.92. The number of hydrogen-bond donors (Lipinski definition) is 2. The van der Waals surface area contributed by atoms with Gasteiger partial charge in [0.15, 0.2) is 15.5 Å². The lowest BCUT2D eigenvalue weighted by atomic mass is 10.1. The van der Waals surface area contributed by atoms with E-state index in [1.165, 1.54) is 26.0 Å². The molecule has 0 amide bonds. The summed E-state index contributed by atoms with van der Waals surface area (Å²) in [4.78, 5) is 14.9. The summed E-state index contributed by atoms with van der Waals surface area (Å²) in [5.74, 6) is -1.88. The van der Waals surface area contributed by atoms with Crippen LogP contribution in [-0.2, 0) is 9.84 Å². The van der Waals surface area contributed by atoms with E-state index in [2.05, 4.69) is 4.98 Å². The molecule has 0 radical (unpaired) electrons. The Kier molecular flexibility index (Phi) is 4.37. The molecule has 8 heteroatoms. The van der Waals surface area contributed by atoms with Crippen LogP contribution < -0.4 is 5.73 Å². The smallest absolute Gasteiger partial charge is 0.356 e. The molecule has 0 unspecified atom stereocenters. The van der Waals surface area contributed by atoms with E-state index in [0.717, 1.165) is 18.2 Å². The molecule has 0 spiro atoms. The summed E-state index contributed by atoms with van der Waals surface area (Å²) in [6.07, 6.45) is 0. The Morgan fingerprint density at radius 3 is 2.30 bits per heavy atom. The van der Waals surface area contributed by atoms with Crippen LogP contribution in [0.2, 0.25) is 0 Å². The lowest BCUT2D eigenvalue weighted by Gasteiger charge is -2.14. The highest BCUT2D eigenvalue weighted by Crippen LogP contribution is 2.31. The number of halogens is 1. The molecule has 2 rings (SSSR count). The number of nitrogens with two attached hydrogens (primary N) is 1. The molecular weight excluding hydrogens is 323 g/mol. The van der Waals surface area contributed by atoms with Crippen molar-refractivity contribution in [1.82, 2.24) is 4.98 Å². The van der Waals surface area contributed by atoms with Crippen molar-refractivity contribution in [3.05, 3.63) is 41.8 Å². The minimum atomic E-state index is -3.76. The summed E-state index contributed by atoms with van der Waals surface area (Å²) in [5.41, 5.74) is 5.14. The molecule has 0 saturated carbocycles. The minimum Gasteiger partial charge on any atom is -0.476 e. The number of carbonyl (C=O) groups is 1. The van der Waals surface area contributed by atoms with Crippen LogP contribution in [0.25, 0.3) is 11.3 Å². The first kappa shape index (κ1) is 16.9. The minimum absolute atomic E-state index is 0.0645. The molecule has 2 aromatic rings. The molecular formula is C15H15FN2O4S. The lowest BCUT2D eigenvalue weighted by molar-refractivity contribution is 0.0691. The Morgan fingerprint density at radius 2 is 1.83 bits per heavy atom. The number of pyridine rings is 1. The number of hydrogen-bond acceptors (Lipinski definition) is 5. The zero-order chi connectivity index (χ0) is 17.4. The number of carboxylic acids is 1. The number of sulfone groups is 1. The van der Waals surface area contributed by atoms with E-state index in [0.29, 0.717) is 0 Å². The first-order chi connectivity index (χ1) is 10.6. The second kappa shape index (κ2) is 5.96. The summed E-state index contributed by atoms with van der Waals surface area (Å²) in [7, 11) is -3.76. The van der Waals surface area contributed by atoms with Crippen molar-refractivity contribution in [2.45, 2.75) is 24.0 Å². The van der Waals surface area contributed by atoms with E-state index in [1.807, 2.05) is 0 Å². The highest BCUT2D eigenvalue weighted by Gasteiger charge is 2.27. The summed E-state index contributed by atoms with van der Waals surface area (Å²) in [5, 5.41) is 8.38. The molecule has 6 nitrogen and oxygen atoms in total. The molecule has 0 aliphatic heterocycles. The Balaban J connectivity index is 2.83. The molecule has 0 atom stereocenters. The number of nitrogen functional groups attached to an aromatic ring is 1. The third-order valence-corrected chi connectivity index (χ3v) is 5.43. The summed E-state index contributed by atoms with van der Waals surface area (Å²) < 4.78 is 38.1. The highest BCUT2D eigenvalue weighted by atomic mass is 32.2. The Bertz CT molecular complexity index is 862. The van der Waals surface area contributed by atoms with Gasteiger partial charge >= 0.3 is 5.97 Å². The zero-order valence-corrected chi connectivity index (χ0v) is 13.3. The number of rotatable bonds is 4. The second-order valence-electron chi connectivity index (χ2n) is 5.18. The lowest BCUT2D eigenvalue weighted by Crippen LogP contribution is -2.18. The van der Waals surface area contributed by atoms with E-state index in [1.54, 1.807) is 0 Å². The largest absolute Gasteiger partial charge is 0.476 e. The van der Waals surface area contributed by atoms with E-state index in [4.69, 9.17) is 10.8 Å². The van der Waals surface area contributed by atoms with Crippen LogP contribution in [0.3, 0.4) is 0 Å². The predicted molar refractivity (Wildman–Crippen MR) is 83.3 cm³/mol. The molecule has 0 aliphatic rings. The normalized spacial score (nSPS) is 11.7. The van der Waals surface area contributed by atoms with Crippen LogP contribution >= 0.6 is 0 Å². The molecule has 1 aromatic heterocycles. The van der Waals surface area contributed by atoms with Crippen molar-refractivity contribution in [2.75, 3.05) is 5.73 Å². The number of carboxylic acid groups (broad SMARTS) is 1. The fourth-order valence-corrected chi connectivity index (χ4v) is 3.20. The third-order valence-electron chi connectivity index (χ3n) is 3.26. The fourth-order valence-electron chi connectivity index (χ4n) is 1.97. The van der Waals surface area contributed by atoms with E-state index >= 15 is 0 Å². The summed E-state index contributed by atoms with van der Waals surface area (Å²) in [6.45, 7) is 2.98. The number of anilines is 1. The van der Waals surface area contributed by atoms with Crippen LogP contribution in [0.5, 0.6) is 0 Å². The summed E-state index contributed by atoms with van der Waals surface area (Å²) in [6, 6.07) is 6.03. The van der Waals surface area contributed by atoms with Crippen molar-refractivity contribution >= 4 is 21.5 Å². The first-order valence-corrected chi connectivity index (χ1v) is 8.23. The average molecular weight is 338 g/mol. The van der Waals surface area contributed by atoms with E-state index in [-0.39, 0.29) is 21.8 Å². The van der Waals surface area contributed by atoms with Gasteiger partial charge in [-0.15, -0.1) is 0 Å². The van der Waals surface area contributed by atoms with Gasteiger partial charge in [-0.3, -0.25) is 0 Å². The molecule has 3 N–H and O–H groups in total. The van der Waals surface area contributed by atoms with Gasteiger partial charge in [0.05, 0.1) is 21.5 Å². The second-order valence-corrected chi connectivity index (χ2v) is 7.65. The number of nitrogens with zero attached hydrogens (tertiary/aromatic N) is 1. The van der Waals surface area contributed by atoms with Crippen LogP contribution in [0, 0.1) is 5.82 Å². The van der Waals surface area contributed by atoms with Gasteiger partial charge in [-0.05, 0) is 44.2 Å². The maximum absolute atomic E-state index is 13.1. The van der Waals surface area contributed by atoms with E-state index < -0.39 is 32.6 Å². The van der Waals surface area contributed by atoms with Crippen LogP contribution in [0.1, 0.15) is 24.3 Å².